The summed E-state index contributed by atoms with van der Waals surface area (Å²) < 4.78 is 26.9. The Bertz CT molecular complexity index is 720. The standard InChI is InChI=1S/C13H11Cl2NO3S/c1-8-3-2-4-12(17)13(8)16-20(18,19)11-6-9(14)5-10(15)7-11/h2-7,16-17H,1H3. The fourth-order valence-electron chi connectivity index (χ4n) is 1.66. The quantitative estimate of drug-likeness (QED) is 0.840. The lowest BCUT2D eigenvalue weighted by atomic mass is 10.2. The van der Waals surface area contributed by atoms with Gasteiger partial charge in [-0.2, -0.15) is 0 Å². The Morgan fingerprint density at radius 2 is 1.70 bits per heavy atom. The van der Waals surface area contributed by atoms with E-state index in [9.17, 15) is 13.5 Å². The van der Waals surface area contributed by atoms with Crippen molar-refractivity contribution in [3.05, 3.63) is 52.0 Å². The fraction of sp³-hybridized carbons (Fsp3) is 0.0769. The number of rotatable bonds is 3. The van der Waals surface area contributed by atoms with Crippen LogP contribution in [0.1, 0.15) is 5.56 Å². The van der Waals surface area contributed by atoms with E-state index >= 15 is 0 Å². The van der Waals surface area contributed by atoms with Gasteiger partial charge < -0.3 is 5.11 Å². The van der Waals surface area contributed by atoms with Crippen LogP contribution in [0.25, 0.3) is 0 Å². The number of para-hydroxylation sites is 1. The lowest BCUT2D eigenvalue weighted by molar-refractivity contribution is 0.477. The third kappa shape index (κ3) is 3.17. The van der Waals surface area contributed by atoms with E-state index in [2.05, 4.69) is 4.72 Å². The number of halogens is 2. The summed E-state index contributed by atoms with van der Waals surface area (Å²) in [5.41, 5.74) is 0.727. The van der Waals surface area contributed by atoms with Crippen LogP contribution in [0.3, 0.4) is 0 Å². The van der Waals surface area contributed by atoms with Gasteiger partial charge in [0.2, 0.25) is 0 Å². The van der Waals surface area contributed by atoms with E-state index in [1.54, 1.807) is 19.1 Å². The molecule has 0 saturated heterocycles. The lowest BCUT2D eigenvalue weighted by Gasteiger charge is -2.12. The van der Waals surface area contributed by atoms with Gasteiger partial charge in [-0.1, -0.05) is 35.3 Å². The molecule has 0 unspecified atom stereocenters. The van der Waals surface area contributed by atoms with E-state index in [1.807, 2.05) is 0 Å². The number of benzene rings is 2. The summed E-state index contributed by atoms with van der Waals surface area (Å²) in [7, 11) is -3.88. The molecule has 0 fully saturated rings. The molecule has 7 heteroatoms. The van der Waals surface area contributed by atoms with Gasteiger partial charge in [-0.25, -0.2) is 8.42 Å². The van der Waals surface area contributed by atoms with Crippen LogP contribution in [-0.2, 0) is 10.0 Å². The number of phenolic OH excluding ortho intramolecular Hbond substituents is 1. The molecule has 0 heterocycles. The topological polar surface area (TPSA) is 66.4 Å². The second kappa shape index (κ2) is 5.52. The van der Waals surface area contributed by atoms with Crippen LogP contribution >= 0.6 is 23.2 Å². The highest BCUT2D eigenvalue weighted by Gasteiger charge is 2.18. The molecule has 0 aliphatic carbocycles. The maximum Gasteiger partial charge on any atom is 0.262 e. The fourth-order valence-corrected chi connectivity index (χ4v) is 3.53. The Kier molecular flexibility index (Phi) is 4.13. The van der Waals surface area contributed by atoms with E-state index in [4.69, 9.17) is 23.2 Å². The Morgan fingerprint density at radius 3 is 2.25 bits per heavy atom. The second-order valence-corrected chi connectivity index (χ2v) is 6.73. The highest BCUT2D eigenvalue weighted by Crippen LogP contribution is 2.30. The molecular formula is C13H11Cl2NO3S. The number of anilines is 1. The van der Waals surface area contributed by atoms with Crippen LogP contribution in [0.4, 0.5) is 5.69 Å². The van der Waals surface area contributed by atoms with Crippen molar-refractivity contribution in [2.75, 3.05) is 4.72 Å². The number of phenols is 1. The number of hydrogen-bond acceptors (Lipinski definition) is 3. The molecule has 2 aromatic rings. The van der Waals surface area contributed by atoms with Crippen LogP contribution in [0, 0.1) is 6.92 Å². The van der Waals surface area contributed by atoms with Crippen molar-refractivity contribution >= 4 is 38.9 Å². The van der Waals surface area contributed by atoms with Gasteiger partial charge in [0.1, 0.15) is 5.75 Å². The van der Waals surface area contributed by atoms with Crippen molar-refractivity contribution in [1.82, 2.24) is 0 Å². The summed E-state index contributed by atoms with van der Waals surface area (Å²) in [6.45, 7) is 1.68. The number of sulfonamides is 1. The van der Waals surface area contributed by atoms with Crippen LogP contribution in [0.15, 0.2) is 41.3 Å². The molecule has 106 valence electrons. The van der Waals surface area contributed by atoms with Crippen LogP contribution in [0.2, 0.25) is 10.0 Å². The first-order valence-corrected chi connectivity index (χ1v) is 7.81. The van der Waals surface area contributed by atoms with Gasteiger partial charge >= 0.3 is 0 Å². The van der Waals surface area contributed by atoms with Gasteiger partial charge in [0.15, 0.2) is 0 Å². The SMILES string of the molecule is Cc1cccc(O)c1NS(=O)(=O)c1cc(Cl)cc(Cl)c1. The lowest BCUT2D eigenvalue weighted by Crippen LogP contribution is -2.14. The zero-order valence-electron chi connectivity index (χ0n) is 10.4. The van der Waals surface area contributed by atoms with Crippen molar-refractivity contribution in [2.24, 2.45) is 0 Å². The molecule has 0 aliphatic heterocycles. The molecule has 0 aromatic heterocycles. The normalized spacial score (nSPS) is 11.3. The van der Waals surface area contributed by atoms with Gasteiger partial charge in [-0.05, 0) is 36.8 Å². The highest BCUT2D eigenvalue weighted by molar-refractivity contribution is 7.92. The summed E-state index contributed by atoms with van der Waals surface area (Å²) in [6.07, 6.45) is 0. The van der Waals surface area contributed by atoms with Gasteiger partial charge in [0.25, 0.3) is 10.0 Å². The second-order valence-electron chi connectivity index (χ2n) is 4.18. The summed E-state index contributed by atoms with van der Waals surface area (Å²) in [5, 5.41) is 10.2. The first kappa shape index (κ1) is 15.0. The maximum atomic E-state index is 12.3. The largest absolute Gasteiger partial charge is 0.506 e. The van der Waals surface area contributed by atoms with Crippen molar-refractivity contribution < 1.29 is 13.5 Å². The van der Waals surface area contributed by atoms with Gasteiger partial charge in [-0.15, -0.1) is 0 Å². The third-order valence-corrected chi connectivity index (χ3v) is 4.40. The molecule has 0 aliphatic rings. The average molecular weight is 332 g/mol. The van der Waals surface area contributed by atoms with Crippen molar-refractivity contribution in [1.29, 1.82) is 0 Å². The summed E-state index contributed by atoms with van der Waals surface area (Å²) in [6, 6.07) is 8.71. The minimum Gasteiger partial charge on any atom is -0.506 e. The molecule has 0 bridgehead atoms. The number of nitrogens with one attached hydrogen (secondary N) is 1. The smallest absolute Gasteiger partial charge is 0.262 e. The van der Waals surface area contributed by atoms with Crippen molar-refractivity contribution in [3.63, 3.8) is 0 Å². The van der Waals surface area contributed by atoms with Crippen molar-refractivity contribution in [3.8, 4) is 5.75 Å². The number of hydrogen-bond donors (Lipinski definition) is 2. The predicted octanol–water partition coefficient (Wildman–Crippen LogP) is 3.81. The van der Waals surface area contributed by atoms with Crippen LogP contribution < -0.4 is 4.72 Å². The molecule has 0 saturated carbocycles. The monoisotopic (exact) mass is 331 g/mol. The predicted molar refractivity (Wildman–Crippen MR) is 80.1 cm³/mol. The van der Waals surface area contributed by atoms with E-state index in [1.165, 1.54) is 24.3 Å². The first-order chi connectivity index (χ1) is 9.29. The van der Waals surface area contributed by atoms with E-state index in [0.29, 0.717) is 5.56 Å². The van der Waals surface area contributed by atoms with Crippen LogP contribution in [0.5, 0.6) is 5.75 Å². The zero-order valence-corrected chi connectivity index (χ0v) is 12.7. The Hall–Kier alpha value is -1.43. The molecule has 0 radical (unpaired) electrons. The molecule has 20 heavy (non-hydrogen) atoms. The van der Waals surface area contributed by atoms with Gasteiger partial charge in [0.05, 0.1) is 10.6 Å². The van der Waals surface area contributed by atoms with Gasteiger partial charge in [0, 0.05) is 10.0 Å². The molecule has 0 atom stereocenters. The van der Waals surface area contributed by atoms with Gasteiger partial charge in [-0.3, -0.25) is 4.72 Å². The highest BCUT2D eigenvalue weighted by atomic mass is 35.5. The number of aromatic hydroxyl groups is 1. The molecule has 4 nitrogen and oxygen atoms in total. The Labute approximate surface area is 127 Å². The Balaban J connectivity index is 2.46. The molecule has 0 amide bonds. The molecular weight excluding hydrogens is 321 g/mol. The molecule has 0 spiro atoms. The van der Waals surface area contributed by atoms with E-state index < -0.39 is 10.0 Å². The molecule has 2 aromatic carbocycles. The van der Waals surface area contributed by atoms with Crippen LogP contribution in [-0.4, -0.2) is 13.5 Å². The first-order valence-electron chi connectivity index (χ1n) is 5.57. The number of aryl methyl sites for hydroxylation is 1. The third-order valence-electron chi connectivity index (χ3n) is 2.63. The summed E-state index contributed by atoms with van der Waals surface area (Å²) in [5.74, 6) is -0.151. The minimum absolute atomic E-state index is 0.0716. The van der Waals surface area contributed by atoms with E-state index in [-0.39, 0.29) is 26.4 Å². The molecule has 2 rings (SSSR count). The maximum absolute atomic E-state index is 12.3. The molecule has 2 N–H and O–H groups in total. The average Bonchev–Trinajstić information content (AvgIpc) is 2.33. The van der Waals surface area contributed by atoms with E-state index in [0.717, 1.165) is 0 Å². The minimum atomic E-state index is -3.88. The zero-order chi connectivity index (χ0) is 14.9. The van der Waals surface area contributed by atoms with Crippen molar-refractivity contribution in [2.45, 2.75) is 11.8 Å². The Morgan fingerprint density at radius 1 is 1.10 bits per heavy atom. The summed E-state index contributed by atoms with van der Waals surface area (Å²) >= 11 is 11.6. The summed E-state index contributed by atoms with van der Waals surface area (Å²) in [4.78, 5) is -0.0716.